The predicted octanol–water partition coefficient (Wildman–Crippen LogP) is 1.99. The molecule has 1 aromatic carbocycles. The number of rotatable bonds is 3. The molecule has 0 saturated heterocycles. The fourth-order valence-electron chi connectivity index (χ4n) is 2.30. The second kappa shape index (κ2) is 4.85. The number of benzene rings is 1. The normalized spacial score (nSPS) is 13.8. The lowest BCUT2D eigenvalue weighted by atomic mass is 10.1. The molecule has 2 heterocycles. The first-order chi connectivity index (χ1) is 9.68. The number of carbonyl (C=O) groups excluding carboxylic acids is 2. The molecule has 0 radical (unpaired) electrons. The van der Waals surface area contributed by atoms with Crippen molar-refractivity contribution in [3.05, 3.63) is 59.7 Å². The standard InChI is InChI=1S/C15H11FN2O2/c16-12-6-3-5-11-13(12)18(15(20)14(11)19)9-7-10-4-1-2-8-17-10/h1-6,8H,7,9H2. The summed E-state index contributed by atoms with van der Waals surface area (Å²) in [6, 6.07) is 9.61. The molecule has 5 heteroatoms. The summed E-state index contributed by atoms with van der Waals surface area (Å²) in [7, 11) is 0. The molecule has 0 aliphatic carbocycles. The number of para-hydroxylation sites is 1. The number of ketones is 1. The Morgan fingerprint density at radius 3 is 2.70 bits per heavy atom. The van der Waals surface area contributed by atoms with E-state index in [1.807, 2.05) is 12.1 Å². The summed E-state index contributed by atoms with van der Waals surface area (Å²) in [4.78, 5) is 29.1. The maximum atomic E-state index is 13.9. The molecule has 0 N–H and O–H groups in total. The van der Waals surface area contributed by atoms with Gasteiger partial charge in [-0.15, -0.1) is 0 Å². The highest BCUT2D eigenvalue weighted by Gasteiger charge is 2.37. The molecule has 4 nitrogen and oxygen atoms in total. The maximum Gasteiger partial charge on any atom is 0.299 e. The van der Waals surface area contributed by atoms with Gasteiger partial charge in [-0.3, -0.25) is 14.6 Å². The van der Waals surface area contributed by atoms with Gasteiger partial charge in [0.2, 0.25) is 0 Å². The van der Waals surface area contributed by atoms with Crippen LogP contribution < -0.4 is 4.90 Å². The first-order valence-electron chi connectivity index (χ1n) is 6.23. The zero-order valence-corrected chi connectivity index (χ0v) is 10.5. The minimum atomic E-state index is -0.680. The molecule has 2 aromatic rings. The van der Waals surface area contributed by atoms with E-state index in [9.17, 15) is 14.0 Å². The lowest BCUT2D eigenvalue weighted by Gasteiger charge is -2.16. The van der Waals surface area contributed by atoms with E-state index in [0.29, 0.717) is 6.42 Å². The zero-order chi connectivity index (χ0) is 14.1. The molecule has 3 rings (SSSR count). The van der Waals surface area contributed by atoms with Crippen molar-refractivity contribution >= 4 is 17.4 Å². The van der Waals surface area contributed by atoms with Gasteiger partial charge in [0.1, 0.15) is 5.82 Å². The van der Waals surface area contributed by atoms with Crippen LogP contribution in [0, 0.1) is 5.82 Å². The first kappa shape index (κ1) is 12.5. The molecule has 1 aliphatic rings. The molecular weight excluding hydrogens is 259 g/mol. The van der Waals surface area contributed by atoms with Crippen molar-refractivity contribution in [2.75, 3.05) is 11.4 Å². The second-order valence-corrected chi connectivity index (χ2v) is 4.49. The van der Waals surface area contributed by atoms with Crippen LogP contribution in [0.1, 0.15) is 16.1 Å². The van der Waals surface area contributed by atoms with Gasteiger partial charge in [0.05, 0.1) is 11.3 Å². The van der Waals surface area contributed by atoms with Gasteiger partial charge in [0, 0.05) is 24.9 Å². The average Bonchev–Trinajstić information content (AvgIpc) is 2.72. The van der Waals surface area contributed by atoms with Gasteiger partial charge in [0.15, 0.2) is 0 Å². The number of halogens is 1. The van der Waals surface area contributed by atoms with Crippen LogP contribution >= 0.6 is 0 Å². The van der Waals surface area contributed by atoms with Crippen LogP contribution in [0.5, 0.6) is 0 Å². The van der Waals surface area contributed by atoms with Gasteiger partial charge in [-0.1, -0.05) is 12.1 Å². The zero-order valence-electron chi connectivity index (χ0n) is 10.5. The van der Waals surface area contributed by atoms with Crippen molar-refractivity contribution in [3.8, 4) is 0 Å². The third kappa shape index (κ3) is 1.97. The van der Waals surface area contributed by atoms with E-state index >= 15 is 0 Å². The van der Waals surface area contributed by atoms with Gasteiger partial charge in [0.25, 0.3) is 11.7 Å². The van der Waals surface area contributed by atoms with Crippen LogP contribution in [0.2, 0.25) is 0 Å². The Labute approximate surface area is 114 Å². The van der Waals surface area contributed by atoms with E-state index in [-0.39, 0.29) is 17.8 Å². The van der Waals surface area contributed by atoms with E-state index in [1.54, 1.807) is 12.3 Å². The van der Waals surface area contributed by atoms with E-state index < -0.39 is 17.5 Å². The Morgan fingerprint density at radius 2 is 1.95 bits per heavy atom. The molecule has 20 heavy (non-hydrogen) atoms. The average molecular weight is 270 g/mol. The Morgan fingerprint density at radius 1 is 1.10 bits per heavy atom. The number of Topliss-reactive ketones (excluding diaryl/α,β-unsaturated/α-hetero) is 1. The van der Waals surface area contributed by atoms with Gasteiger partial charge < -0.3 is 4.90 Å². The molecule has 0 atom stereocenters. The summed E-state index contributed by atoms with van der Waals surface area (Å²) >= 11 is 0. The first-order valence-corrected chi connectivity index (χ1v) is 6.23. The smallest absolute Gasteiger partial charge is 0.299 e. The third-order valence-electron chi connectivity index (χ3n) is 3.26. The molecule has 0 saturated carbocycles. The lowest BCUT2D eigenvalue weighted by Crippen LogP contribution is -2.32. The fraction of sp³-hybridized carbons (Fsp3) is 0.133. The molecule has 0 fully saturated rings. The van der Waals surface area contributed by atoms with Crippen LogP contribution in [0.3, 0.4) is 0 Å². The fourth-order valence-corrected chi connectivity index (χ4v) is 2.30. The summed E-state index contributed by atoms with van der Waals surface area (Å²) in [5.74, 6) is -1.88. The molecule has 1 aliphatic heterocycles. The summed E-state index contributed by atoms with van der Waals surface area (Å²) in [5.41, 5.74) is 1.01. The Hall–Kier alpha value is -2.56. The van der Waals surface area contributed by atoms with E-state index in [1.165, 1.54) is 23.1 Å². The highest BCUT2D eigenvalue weighted by molar-refractivity contribution is 6.52. The van der Waals surface area contributed by atoms with E-state index in [4.69, 9.17) is 0 Å². The number of pyridine rings is 1. The largest absolute Gasteiger partial charge is 0.302 e. The van der Waals surface area contributed by atoms with Crippen LogP contribution in [0.25, 0.3) is 0 Å². The number of amides is 1. The SMILES string of the molecule is O=C1C(=O)N(CCc2ccccn2)c2c(F)cccc21. The van der Waals surface area contributed by atoms with Crippen LogP contribution in [-0.4, -0.2) is 23.2 Å². The molecule has 1 aromatic heterocycles. The minimum Gasteiger partial charge on any atom is -0.302 e. The Balaban J connectivity index is 1.88. The van der Waals surface area contributed by atoms with Crippen LogP contribution in [0.4, 0.5) is 10.1 Å². The van der Waals surface area contributed by atoms with Crippen molar-refractivity contribution in [1.82, 2.24) is 4.98 Å². The molecule has 1 amide bonds. The number of fused-ring (bicyclic) bond motifs is 1. The summed E-state index contributed by atoms with van der Waals surface area (Å²) in [6.07, 6.45) is 2.12. The summed E-state index contributed by atoms with van der Waals surface area (Å²) in [5, 5.41) is 0. The molecule has 0 unspecified atom stereocenters. The van der Waals surface area contributed by atoms with Crippen molar-refractivity contribution in [1.29, 1.82) is 0 Å². The molecule has 0 spiro atoms. The summed E-state index contributed by atoms with van der Waals surface area (Å²) < 4.78 is 13.9. The maximum absolute atomic E-state index is 13.9. The van der Waals surface area contributed by atoms with Crippen molar-refractivity contribution in [3.63, 3.8) is 0 Å². The number of hydrogen-bond acceptors (Lipinski definition) is 3. The number of anilines is 1. The quantitative estimate of drug-likeness (QED) is 0.801. The molecule has 100 valence electrons. The summed E-state index contributed by atoms with van der Waals surface area (Å²) in [6.45, 7) is 0.232. The molecular formula is C15H11FN2O2. The van der Waals surface area contributed by atoms with E-state index in [0.717, 1.165) is 5.69 Å². The van der Waals surface area contributed by atoms with E-state index in [2.05, 4.69) is 4.98 Å². The minimum absolute atomic E-state index is 0.0819. The van der Waals surface area contributed by atoms with Crippen molar-refractivity contribution < 1.29 is 14.0 Å². The van der Waals surface area contributed by atoms with Crippen molar-refractivity contribution in [2.45, 2.75) is 6.42 Å². The third-order valence-corrected chi connectivity index (χ3v) is 3.26. The monoisotopic (exact) mass is 270 g/mol. The van der Waals surface area contributed by atoms with Crippen molar-refractivity contribution in [2.24, 2.45) is 0 Å². The van der Waals surface area contributed by atoms with Gasteiger partial charge in [-0.2, -0.15) is 0 Å². The second-order valence-electron chi connectivity index (χ2n) is 4.49. The lowest BCUT2D eigenvalue weighted by molar-refractivity contribution is -0.114. The number of aromatic nitrogens is 1. The van der Waals surface area contributed by atoms with Gasteiger partial charge in [-0.25, -0.2) is 4.39 Å². The van der Waals surface area contributed by atoms with Crippen LogP contribution in [-0.2, 0) is 11.2 Å². The van der Waals surface area contributed by atoms with Gasteiger partial charge in [-0.05, 0) is 24.3 Å². The Kier molecular flexibility index (Phi) is 3.02. The highest BCUT2D eigenvalue weighted by atomic mass is 19.1. The molecule has 0 bridgehead atoms. The predicted molar refractivity (Wildman–Crippen MR) is 71.0 cm³/mol. The topological polar surface area (TPSA) is 50.3 Å². The highest BCUT2D eigenvalue weighted by Crippen LogP contribution is 2.31. The number of hydrogen-bond donors (Lipinski definition) is 0. The number of carbonyl (C=O) groups is 2. The Bertz CT molecular complexity index is 686. The number of nitrogens with zero attached hydrogens (tertiary/aromatic N) is 2. The van der Waals surface area contributed by atoms with Crippen LogP contribution in [0.15, 0.2) is 42.6 Å². The van der Waals surface area contributed by atoms with Gasteiger partial charge >= 0.3 is 0 Å².